The average Bonchev–Trinajstić information content (AvgIpc) is 2.96. The van der Waals surface area contributed by atoms with Gasteiger partial charge in [0.1, 0.15) is 0 Å². The molecule has 1 aromatic heterocycles. The fraction of sp³-hybridized carbons (Fsp3) is 0.333. The number of methoxy groups -OCH3 is 3. The summed E-state index contributed by atoms with van der Waals surface area (Å²) in [6, 6.07) is 7.52. The zero-order valence-electron chi connectivity index (χ0n) is 17.5. The van der Waals surface area contributed by atoms with Crippen LogP contribution < -0.4 is 34.7 Å². The summed E-state index contributed by atoms with van der Waals surface area (Å²) in [5, 5.41) is 3.04. The number of nitrogens with two attached hydrogens (primary N) is 1. The first kappa shape index (κ1) is 19.2. The van der Waals surface area contributed by atoms with Gasteiger partial charge in [-0.3, -0.25) is 9.88 Å². The number of aromatic nitrogens is 2. The van der Waals surface area contributed by atoms with Crippen LogP contribution in [-0.4, -0.2) is 50.1 Å². The van der Waals surface area contributed by atoms with Gasteiger partial charge in [-0.1, -0.05) is 0 Å². The van der Waals surface area contributed by atoms with E-state index >= 15 is 0 Å². The molecular formula is C21H23N5O5. The Morgan fingerprint density at radius 2 is 1.68 bits per heavy atom. The van der Waals surface area contributed by atoms with Crippen LogP contribution in [0.5, 0.6) is 28.7 Å². The van der Waals surface area contributed by atoms with Gasteiger partial charge in [0.15, 0.2) is 35.1 Å². The van der Waals surface area contributed by atoms with E-state index in [9.17, 15) is 0 Å². The Labute approximate surface area is 178 Å². The van der Waals surface area contributed by atoms with Crippen LogP contribution in [0.15, 0.2) is 29.3 Å². The number of benzene rings is 2. The third-order valence-corrected chi connectivity index (χ3v) is 5.29. The van der Waals surface area contributed by atoms with Crippen molar-refractivity contribution in [3.8, 4) is 28.7 Å². The Morgan fingerprint density at radius 1 is 1.00 bits per heavy atom. The predicted octanol–water partition coefficient (Wildman–Crippen LogP) is 2.51. The van der Waals surface area contributed by atoms with Crippen LogP contribution in [0, 0.1) is 0 Å². The summed E-state index contributed by atoms with van der Waals surface area (Å²) in [6.45, 7) is 1.20. The summed E-state index contributed by atoms with van der Waals surface area (Å²) in [4.78, 5) is 9.34. The minimum Gasteiger partial charge on any atom is -0.493 e. The highest BCUT2D eigenvalue weighted by Gasteiger charge is 2.28. The minimum absolute atomic E-state index is 0.260. The summed E-state index contributed by atoms with van der Waals surface area (Å²) in [5.41, 5.74) is 8.47. The molecule has 10 nitrogen and oxygen atoms in total. The van der Waals surface area contributed by atoms with Crippen molar-refractivity contribution >= 4 is 22.9 Å². The molecule has 3 N–H and O–H groups in total. The number of rotatable bonds is 4. The molecule has 1 atom stereocenters. The normalized spacial score (nSPS) is 17.3. The lowest BCUT2D eigenvalue weighted by Crippen LogP contribution is -2.31. The van der Waals surface area contributed by atoms with Crippen LogP contribution in [-0.2, 0) is 0 Å². The zero-order valence-corrected chi connectivity index (χ0v) is 17.5. The quantitative estimate of drug-likeness (QED) is 0.655. The molecule has 3 heterocycles. The minimum atomic E-state index is -0.500. The molecular weight excluding hydrogens is 402 g/mol. The van der Waals surface area contributed by atoms with Crippen LogP contribution >= 0.6 is 0 Å². The van der Waals surface area contributed by atoms with E-state index in [1.165, 1.54) is 0 Å². The lowest BCUT2D eigenvalue weighted by molar-refractivity contribution is 0.297. The highest BCUT2D eigenvalue weighted by Crippen LogP contribution is 2.43. The molecule has 0 spiro atoms. The Hall–Kier alpha value is -3.82. The topological polar surface area (TPSA) is 114 Å². The summed E-state index contributed by atoms with van der Waals surface area (Å²) in [6.07, 6.45) is 0.327. The van der Waals surface area contributed by atoms with Crippen molar-refractivity contribution in [3.05, 3.63) is 29.8 Å². The maximum Gasteiger partial charge on any atom is 0.212 e. The van der Waals surface area contributed by atoms with Gasteiger partial charge in [0.2, 0.25) is 11.7 Å². The summed E-state index contributed by atoms with van der Waals surface area (Å²) < 4.78 is 30.1. The molecule has 0 amide bonds. The number of hydrogen-bond donors (Lipinski definition) is 2. The van der Waals surface area contributed by atoms with E-state index in [0.717, 1.165) is 23.0 Å². The van der Waals surface area contributed by atoms with Crippen molar-refractivity contribution in [2.24, 2.45) is 10.7 Å². The van der Waals surface area contributed by atoms with E-state index in [4.69, 9.17) is 34.4 Å². The van der Waals surface area contributed by atoms with Crippen LogP contribution in [0.3, 0.4) is 0 Å². The smallest absolute Gasteiger partial charge is 0.212 e. The third-order valence-electron chi connectivity index (χ3n) is 5.29. The summed E-state index contributed by atoms with van der Waals surface area (Å²) in [5.74, 6) is 3.75. The molecule has 0 unspecified atom stereocenters. The van der Waals surface area contributed by atoms with E-state index in [1.807, 2.05) is 28.8 Å². The summed E-state index contributed by atoms with van der Waals surface area (Å²) >= 11 is 0. The first-order valence-corrected chi connectivity index (χ1v) is 9.84. The van der Waals surface area contributed by atoms with Gasteiger partial charge in [-0.05, 0) is 12.1 Å². The van der Waals surface area contributed by atoms with Gasteiger partial charge >= 0.3 is 0 Å². The molecule has 2 aliphatic heterocycles. The SMILES string of the molecule is COc1cc([C@@H]2N=C(N)Nc3nc4cc5c(cc4n32)OCCCO5)cc(OC)c1OC. The lowest BCUT2D eigenvalue weighted by atomic mass is 10.1. The van der Waals surface area contributed by atoms with Crippen molar-refractivity contribution < 1.29 is 23.7 Å². The Bertz CT molecular complexity index is 1160. The van der Waals surface area contributed by atoms with Gasteiger partial charge in [-0.2, -0.15) is 0 Å². The maximum atomic E-state index is 6.09. The van der Waals surface area contributed by atoms with Gasteiger partial charge in [0.25, 0.3) is 0 Å². The van der Waals surface area contributed by atoms with Crippen LogP contribution in [0.4, 0.5) is 5.95 Å². The predicted molar refractivity (Wildman–Crippen MR) is 115 cm³/mol. The zero-order chi connectivity index (χ0) is 21.5. The van der Waals surface area contributed by atoms with Gasteiger partial charge in [0.05, 0.1) is 45.6 Å². The van der Waals surface area contributed by atoms with Gasteiger partial charge in [0, 0.05) is 24.1 Å². The molecule has 0 saturated carbocycles. The van der Waals surface area contributed by atoms with E-state index in [2.05, 4.69) is 10.3 Å². The number of aliphatic imine (C=N–C) groups is 1. The Kier molecular flexibility index (Phi) is 4.61. The number of ether oxygens (including phenoxy) is 5. The lowest BCUT2D eigenvalue weighted by Gasteiger charge is -2.25. The molecule has 0 fully saturated rings. The van der Waals surface area contributed by atoms with E-state index in [-0.39, 0.29) is 5.96 Å². The second kappa shape index (κ2) is 7.46. The molecule has 5 rings (SSSR count). The highest BCUT2D eigenvalue weighted by molar-refractivity contribution is 5.95. The molecule has 162 valence electrons. The van der Waals surface area contributed by atoms with Crippen molar-refractivity contribution in [2.75, 3.05) is 39.9 Å². The van der Waals surface area contributed by atoms with Crippen LogP contribution in [0.1, 0.15) is 18.2 Å². The fourth-order valence-electron chi connectivity index (χ4n) is 3.90. The van der Waals surface area contributed by atoms with Crippen molar-refractivity contribution in [1.82, 2.24) is 9.55 Å². The number of imidazole rings is 1. The molecule has 2 aromatic carbocycles. The van der Waals surface area contributed by atoms with Crippen LogP contribution in [0.25, 0.3) is 11.0 Å². The molecule has 2 aliphatic rings. The van der Waals surface area contributed by atoms with E-state index in [1.54, 1.807) is 21.3 Å². The molecule has 0 radical (unpaired) electrons. The first-order valence-electron chi connectivity index (χ1n) is 9.84. The van der Waals surface area contributed by atoms with Gasteiger partial charge < -0.3 is 29.4 Å². The second-order valence-corrected chi connectivity index (χ2v) is 7.12. The van der Waals surface area contributed by atoms with Crippen LogP contribution in [0.2, 0.25) is 0 Å². The van der Waals surface area contributed by atoms with Gasteiger partial charge in [-0.15, -0.1) is 0 Å². The Balaban J connectivity index is 1.70. The van der Waals surface area contributed by atoms with Gasteiger partial charge in [-0.25, -0.2) is 9.98 Å². The first-order chi connectivity index (χ1) is 15.1. The number of hydrogen-bond acceptors (Lipinski definition) is 9. The third kappa shape index (κ3) is 3.11. The molecule has 3 aromatic rings. The standard InChI is InChI=1S/C21H23N5O5/c1-27-16-7-11(8-17(28-2)18(16)29-3)19-24-20(22)25-21-23-12-9-14-15(10-13(12)26(19)21)31-6-4-5-30-14/h7-10,19H,4-6H2,1-3H3,(H3,22,23,24,25)/t19-/m1/s1. The number of guanidine groups is 1. The maximum absolute atomic E-state index is 6.09. The number of nitrogens with zero attached hydrogens (tertiary/aromatic N) is 3. The average molecular weight is 425 g/mol. The highest BCUT2D eigenvalue weighted by atomic mass is 16.5. The molecule has 31 heavy (non-hydrogen) atoms. The summed E-state index contributed by atoms with van der Waals surface area (Å²) in [7, 11) is 4.72. The largest absolute Gasteiger partial charge is 0.493 e. The number of fused-ring (bicyclic) bond motifs is 4. The molecule has 0 bridgehead atoms. The fourth-order valence-corrected chi connectivity index (χ4v) is 3.90. The molecule has 0 saturated heterocycles. The number of nitrogens with one attached hydrogen (secondary N) is 1. The number of anilines is 1. The monoisotopic (exact) mass is 425 g/mol. The second-order valence-electron chi connectivity index (χ2n) is 7.12. The Morgan fingerprint density at radius 3 is 2.32 bits per heavy atom. The van der Waals surface area contributed by atoms with E-state index < -0.39 is 6.17 Å². The van der Waals surface area contributed by atoms with E-state index in [0.29, 0.717) is 47.9 Å². The van der Waals surface area contributed by atoms with Crippen molar-refractivity contribution in [2.45, 2.75) is 12.6 Å². The molecule has 10 heteroatoms. The van der Waals surface area contributed by atoms with Crippen molar-refractivity contribution in [3.63, 3.8) is 0 Å². The van der Waals surface area contributed by atoms with Crippen molar-refractivity contribution in [1.29, 1.82) is 0 Å². The molecule has 0 aliphatic carbocycles.